The maximum atomic E-state index is 10.2. The Kier molecular flexibility index (Phi) is 6.16. The molecule has 0 saturated carbocycles. The van der Waals surface area contributed by atoms with Crippen LogP contribution in [0.2, 0.25) is 0 Å². The predicted octanol–water partition coefficient (Wildman–Crippen LogP) is 4.56. The number of ether oxygens (including phenoxy) is 1. The predicted molar refractivity (Wildman–Crippen MR) is 78.9 cm³/mol. The summed E-state index contributed by atoms with van der Waals surface area (Å²) in [6.45, 7) is 9.15. The van der Waals surface area contributed by atoms with Crippen LogP contribution in [0.4, 0.5) is 0 Å². The van der Waals surface area contributed by atoms with E-state index in [-0.39, 0.29) is 0 Å². The van der Waals surface area contributed by atoms with Crippen LogP contribution in [-0.4, -0.2) is 11.7 Å². The number of hydrogen-bond donors (Lipinski definition) is 1. The van der Waals surface area contributed by atoms with Crippen molar-refractivity contribution in [2.75, 3.05) is 6.61 Å². The first kappa shape index (κ1) is 15.5. The molecule has 0 aliphatic heterocycles. The lowest BCUT2D eigenvalue weighted by atomic mass is 9.99. The van der Waals surface area contributed by atoms with E-state index < -0.39 is 6.10 Å². The van der Waals surface area contributed by atoms with Crippen LogP contribution in [-0.2, 0) is 0 Å². The Bertz CT molecular complexity index is 375. The van der Waals surface area contributed by atoms with Gasteiger partial charge >= 0.3 is 0 Å². The normalized spacial score (nSPS) is 13.1. The van der Waals surface area contributed by atoms with Crippen molar-refractivity contribution in [2.24, 2.45) is 11.8 Å². The second kappa shape index (κ2) is 7.15. The molecule has 0 saturated heterocycles. The lowest BCUT2D eigenvalue weighted by Crippen LogP contribution is -2.06. The van der Waals surface area contributed by atoms with E-state index in [1.165, 1.54) is 0 Å². The van der Waals surface area contributed by atoms with Crippen LogP contribution in [0.1, 0.15) is 45.8 Å². The van der Waals surface area contributed by atoms with Crippen molar-refractivity contribution in [3.8, 4) is 5.75 Å². The Balaban J connectivity index is 2.80. The number of aliphatic hydroxyl groups is 1. The van der Waals surface area contributed by atoms with Crippen LogP contribution >= 0.6 is 15.9 Å². The molecule has 1 N–H and O–H groups in total. The van der Waals surface area contributed by atoms with E-state index in [0.717, 1.165) is 22.2 Å². The van der Waals surface area contributed by atoms with Crippen molar-refractivity contribution in [3.05, 3.63) is 28.2 Å². The van der Waals surface area contributed by atoms with Crippen LogP contribution in [0.15, 0.2) is 22.7 Å². The third kappa shape index (κ3) is 4.99. The Morgan fingerprint density at radius 1 is 1.17 bits per heavy atom. The van der Waals surface area contributed by atoms with Gasteiger partial charge in [0.25, 0.3) is 0 Å². The van der Waals surface area contributed by atoms with Gasteiger partial charge in [0, 0.05) is 4.47 Å². The summed E-state index contributed by atoms with van der Waals surface area (Å²) in [4.78, 5) is 0. The van der Waals surface area contributed by atoms with Crippen molar-refractivity contribution in [3.63, 3.8) is 0 Å². The fourth-order valence-corrected chi connectivity index (χ4v) is 2.21. The van der Waals surface area contributed by atoms with Gasteiger partial charge < -0.3 is 9.84 Å². The van der Waals surface area contributed by atoms with Gasteiger partial charge in [-0.25, -0.2) is 0 Å². The molecule has 0 heterocycles. The maximum Gasteiger partial charge on any atom is 0.119 e. The zero-order valence-electron chi connectivity index (χ0n) is 11.6. The van der Waals surface area contributed by atoms with Crippen molar-refractivity contribution < 1.29 is 9.84 Å². The summed E-state index contributed by atoms with van der Waals surface area (Å²) in [6.07, 6.45) is 0.314. The van der Waals surface area contributed by atoms with E-state index in [2.05, 4.69) is 43.6 Å². The van der Waals surface area contributed by atoms with E-state index in [9.17, 15) is 5.11 Å². The molecule has 0 spiro atoms. The molecule has 1 unspecified atom stereocenters. The standard InChI is InChI=1S/C15H23BrO2/c1-10(2)7-15(17)13-8-12(5-6-14(13)16)18-9-11(3)4/h5-6,8,10-11,15,17H,7,9H2,1-4H3. The number of halogens is 1. The molecule has 102 valence electrons. The largest absolute Gasteiger partial charge is 0.493 e. The first-order valence-electron chi connectivity index (χ1n) is 6.50. The smallest absolute Gasteiger partial charge is 0.119 e. The summed E-state index contributed by atoms with van der Waals surface area (Å²) in [5, 5.41) is 10.2. The van der Waals surface area contributed by atoms with Gasteiger partial charge in [0.05, 0.1) is 12.7 Å². The van der Waals surface area contributed by atoms with Crippen molar-refractivity contribution >= 4 is 15.9 Å². The fourth-order valence-electron chi connectivity index (χ4n) is 1.70. The minimum atomic E-state index is -0.443. The Hall–Kier alpha value is -0.540. The first-order chi connectivity index (χ1) is 8.40. The topological polar surface area (TPSA) is 29.5 Å². The van der Waals surface area contributed by atoms with Crippen LogP contribution in [0, 0.1) is 11.8 Å². The second-order valence-electron chi connectivity index (χ2n) is 5.53. The first-order valence-corrected chi connectivity index (χ1v) is 7.29. The highest BCUT2D eigenvalue weighted by molar-refractivity contribution is 9.10. The number of hydrogen-bond acceptors (Lipinski definition) is 2. The van der Waals surface area contributed by atoms with Crippen LogP contribution in [0.3, 0.4) is 0 Å². The molecule has 0 radical (unpaired) electrons. The van der Waals surface area contributed by atoms with Crippen molar-refractivity contribution in [1.82, 2.24) is 0 Å². The van der Waals surface area contributed by atoms with Crippen LogP contribution in [0.25, 0.3) is 0 Å². The Labute approximate surface area is 118 Å². The second-order valence-corrected chi connectivity index (χ2v) is 6.39. The third-order valence-corrected chi connectivity index (χ3v) is 3.33. The monoisotopic (exact) mass is 314 g/mol. The van der Waals surface area contributed by atoms with Gasteiger partial charge in [0.1, 0.15) is 5.75 Å². The SMILES string of the molecule is CC(C)COc1ccc(Br)c(C(O)CC(C)C)c1. The van der Waals surface area contributed by atoms with Crippen molar-refractivity contribution in [2.45, 2.75) is 40.2 Å². The average molecular weight is 315 g/mol. The summed E-state index contributed by atoms with van der Waals surface area (Å²) in [5.41, 5.74) is 0.907. The van der Waals surface area contributed by atoms with Gasteiger partial charge in [-0.2, -0.15) is 0 Å². The molecular weight excluding hydrogens is 292 g/mol. The molecule has 3 heteroatoms. The lowest BCUT2D eigenvalue weighted by molar-refractivity contribution is 0.149. The molecule has 0 amide bonds. The quantitative estimate of drug-likeness (QED) is 0.833. The molecule has 1 aromatic carbocycles. The van der Waals surface area contributed by atoms with Gasteiger partial charge in [-0.1, -0.05) is 43.6 Å². The minimum Gasteiger partial charge on any atom is -0.493 e. The van der Waals surface area contributed by atoms with Gasteiger partial charge in [-0.05, 0) is 42.0 Å². The molecule has 1 rings (SSSR count). The van der Waals surface area contributed by atoms with Gasteiger partial charge in [-0.15, -0.1) is 0 Å². The lowest BCUT2D eigenvalue weighted by Gasteiger charge is -2.17. The summed E-state index contributed by atoms with van der Waals surface area (Å²) >= 11 is 3.49. The number of rotatable bonds is 6. The zero-order chi connectivity index (χ0) is 13.7. The van der Waals surface area contributed by atoms with E-state index >= 15 is 0 Å². The molecule has 1 atom stereocenters. The summed E-state index contributed by atoms with van der Waals surface area (Å²) in [6, 6.07) is 5.80. The molecular formula is C15H23BrO2. The maximum absolute atomic E-state index is 10.2. The van der Waals surface area contributed by atoms with Gasteiger partial charge in [0.2, 0.25) is 0 Å². The highest BCUT2D eigenvalue weighted by atomic mass is 79.9. The molecule has 0 aliphatic rings. The molecule has 2 nitrogen and oxygen atoms in total. The fraction of sp³-hybridized carbons (Fsp3) is 0.600. The number of benzene rings is 1. The third-order valence-electron chi connectivity index (χ3n) is 2.60. The van der Waals surface area contributed by atoms with Crippen LogP contribution in [0.5, 0.6) is 5.75 Å². The van der Waals surface area contributed by atoms with Crippen LogP contribution < -0.4 is 4.74 Å². The highest BCUT2D eigenvalue weighted by Crippen LogP contribution is 2.31. The molecule has 0 bridgehead atoms. The molecule has 1 aromatic rings. The van der Waals surface area contributed by atoms with E-state index in [0.29, 0.717) is 18.4 Å². The van der Waals surface area contributed by atoms with Gasteiger partial charge in [-0.3, -0.25) is 0 Å². The summed E-state index contributed by atoms with van der Waals surface area (Å²) < 4.78 is 6.62. The zero-order valence-corrected chi connectivity index (χ0v) is 13.2. The molecule has 0 aliphatic carbocycles. The summed E-state index contributed by atoms with van der Waals surface area (Å²) in [5.74, 6) is 1.79. The van der Waals surface area contributed by atoms with E-state index in [1.54, 1.807) is 0 Å². The Morgan fingerprint density at radius 2 is 1.83 bits per heavy atom. The molecule has 18 heavy (non-hydrogen) atoms. The molecule has 0 fully saturated rings. The van der Waals surface area contributed by atoms with E-state index in [1.807, 2.05) is 18.2 Å². The minimum absolute atomic E-state index is 0.443. The number of aliphatic hydroxyl groups excluding tert-OH is 1. The highest BCUT2D eigenvalue weighted by Gasteiger charge is 2.14. The Morgan fingerprint density at radius 3 is 2.39 bits per heavy atom. The average Bonchev–Trinajstić information content (AvgIpc) is 2.26. The summed E-state index contributed by atoms with van der Waals surface area (Å²) in [7, 11) is 0. The van der Waals surface area contributed by atoms with Gasteiger partial charge in [0.15, 0.2) is 0 Å². The van der Waals surface area contributed by atoms with E-state index in [4.69, 9.17) is 4.74 Å². The van der Waals surface area contributed by atoms with Crippen molar-refractivity contribution in [1.29, 1.82) is 0 Å². The molecule has 0 aromatic heterocycles.